The number of thioether (sulfide) groups is 1. The van der Waals surface area contributed by atoms with Crippen LogP contribution >= 0.6 is 11.8 Å². The number of rotatable bonds is 7. The van der Waals surface area contributed by atoms with E-state index >= 15 is 0 Å². The first-order chi connectivity index (χ1) is 9.63. The van der Waals surface area contributed by atoms with Crippen molar-refractivity contribution in [3.63, 3.8) is 0 Å². The molecule has 4 nitrogen and oxygen atoms in total. The van der Waals surface area contributed by atoms with Crippen molar-refractivity contribution in [2.75, 3.05) is 24.2 Å². The Balaban J connectivity index is 2.07. The molecular weight excluding hydrogens is 292 g/mol. The van der Waals surface area contributed by atoms with Crippen LogP contribution in [0.15, 0.2) is 29.2 Å². The van der Waals surface area contributed by atoms with Gasteiger partial charge in [0.25, 0.3) is 0 Å². The zero-order valence-corrected chi connectivity index (χ0v) is 13.4. The van der Waals surface area contributed by atoms with E-state index in [2.05, 4.69) is 17.0 Å². The van der Waals surface area contributed by atoms with Gasteiger partial charge in [-0.05, 0) is 37.1 Å². The van der Waals surface area contributed by atoms with Crippen LogP contribution < -0.4 is 10.0 Å². The Morgan fingerprint density at radius 1 is 1.35 bits per heavy atom. The molecule has 1 aromatic rings. The summed E-state index contributed by atoms with van der Waals surface area (Å²) in [6.07, 6.45) is 3.25. The largest absolute Gasteiger partial charge is 0.384 e. The van der Waals surface area contributed by atoms with Crippen molar-refractivity contribution in [2.24, 2.45) is 0 Å². The van der Waals surface area contributed by atoms with Crippen molar-refractivity contribution in [3.8, 4) is 0 Å². The van der Waals surface area contributed by atoms with Gasteiger partial charge < -0.3 is 5.32 Å². The second kappa shape index (κ2) is 7.33. The molecule has 1 saturated heterocycles. The van der Waals surface area contributed by atoms with E-state index in [0.717, 1.165) is 25.1 Å². The van der Waals surface area contributed by atoms with Crippen molar-refractivity contribution in [1.29, 1.82) is 0 Å². The zero-order valence-electron chi connectivity index (χ0n) is 11.8. The Kier molecular flexibility index (Phi) is 5.74. The molecule has 0 aliphatic carbocycles. The summed E-state index contributed by atoms with van der Waals surface area (Å²) in [7, 11) is -3.43. The molecule has 20 heavy (non-hydrogen) atoms. The van der Waals surface area contributed by atoms with Crippen LogP contribution in [0.1, 0.15) is 26.2 Å². The van der Waals surface area contributed by atoms with Crippen molar-refractivity contribution in [1.82, 2.24) is 4.72 Å². The van der Waals surface area contributed by atoms with Crippen LogP contribution in [-0.2, 0) is 10.0 Å². The minimum Gasteiger partial charge on any atom is -0.384 e. The summed E-state index contributed by atoms with van der Waals surface area (Å²) >= 11 is 1.85. The number of benzene rings is 1. The zero-order chi connectivity index (χ0) is 14.4. The topological polar surface area (TPSA) is 58.2 Å². The molecule has 0 spiro atoms. The fraction of sp³-hybridized carbons (Fsp3) is 0.571. The summed E-state index contributed by atoms with van der Waals surface area (Å²) in [6.45, 7) is 3.35. The van der Waals surface area contributed by atoms with E-state index in [1.54, 1.807) is 12.1 Å². The summed E-state index contributed by atoms with van der Waals surface area (Å²) < 4.78 is 27.6. The van der Waals surface area contributed by atoms with Gasteiger partial charge in [0.05, 0.1) is 5.69 Å². The lowest BCUT2D eigenvalue weighted by Crippen LogP contribution is -2.30. The highest BCUT2D eigenvalue weighted by atomic mass is 32.2. The Bertz CT molecular complexity index is 526. The monoisotopic (exact) mass is 314 g/mol. The maximum atomic E-state index is 12.4. The van der Waals surface area contributed by atoms with Crippen LogP contribution in [0.2, 0.25) is 0 Å². The van der Waals surface area contributed by atoms with Gasteiger partial charge in [-0.2, -0.15) is 11.8 Å². The Morgan fingerprint density at radius 3 is 2.85 bits per heavy atom. The summed E-state index contributed by atoms with van der Waals surface area (Å²) in [5.74, 6) is 1.14. The SMILES string of the molecule is CCCNc1ccccc1S(=O)(=O)NCC1CCCS1. The van der Waals surface area contributed by atoms with Gasteiger partial charge >= 0.3 is 0 Å². The molecule has 1 aromatic carbocycles. The number of nitrogens with one attached hydrogen (secondary N) is 2. The molecule has 112 valence electrons. The smallest absolute Gasteiger partial charge is 0.242 e. The first-order valence-electron chi connectivity index (χ1n) is 7.07. The molecule has 0 bridgehead atoms. The lowest BCUT2D eigenvalue weighted by Gasteiger charge is -2.14. The van der Waals surface area contributed by atoms with Gasteiger partial charge in [-0.1, -0.05) is 19.1 Å². The lowest BCUT2D eigenvalue weighted by molar-refractivity contribution is 0.579. The molecule has 0 saturated carbocycles. The van der Waals surface area contributed by atoms with E-state index in [0.29, 0.717) is 22.4 Å². The lowest BCUT2D eigenvalue weighted by atomic mass is 10.2. The Labute approximate surface area is 125 Å². The predicted molar refractivity (Wildman–Crippen MR) is 85.9 cm³/mol. The fourth-order valence-electron chi connectivity index (χ4n) is 2.19. The molecule has 2 N–H and O–H groups in total. The molecule has 0 aromatic heterocycles. The van der Waals surface area contributed by atoms with E-state index in [1.807, 2.05) is 23.9 Å². The van der Waals surface area contributed by atoms with E-state index in [-0.39, 0.29) is 0 Å². The molecule has 1 heterocycles. The van der Waals surface area contributed by atoms with Crippen LogP contribution in [-0.4, -0.2) is 32.5 Å². The molecule has 1 aliphatic rings. The number of sulfonamides is 1. The van der Waals surface area contributed by atoms with E-state index in [4.69, 9.17) is 0 Å². The number of hydrogen-bond donors (Lipinski definition) is 2. The standard InChI is InChI=1S/C14H22N2O2S2/c1-2-9-15-13-7-3-4-8-14(13)20(17,18)16-11-12-6-5-10-19-12/h3-4,7-8,12,15-16H,2,5-6,9-11H2,1H3. The molecule has 1 atom stereocenters. The van der Waals surface area contributed by atoms with E-state index in [1.165, 1.54) is 6.42 Å². The maximum Gasteiger partial charge on any atom is 0.242 e. The van der Waals surface area contributed by atoms with Crippen molar-refractivity contribution < 1.29 is 8.42 Å². The number of anilines is 1. The van der Waals surface area contributed by atoms with Gasteiger partial charge in [0.2, 0.25) is 10.0 Å². The highest BCUT2D eigenvalue weighted by Gasteiger charge is 2.21. The molecule has 6 heteroatoms. The predicted octanol–water partition coefficient (Wildman–Crippen LogP) is 2.68. The Hall–Kier alpha value is -0.720. The van der Waals surface area contributed by atoms with Crippen molar-refractivity contribution >= 4 is 27.5 Å². The minimum atomic E-state index is -3.43. The molecule has 1 unspecified atom stereocenters. The average molecular weight is 314 g/mol. The molecule has 0 amide bonds. The molecule has 1 fully saturated rings. The number of hydrogen-bond acceptors (Lipinski definition) is 4. The van der Waals surface area contributed by atoms with Crippen molar-refractivity contribution in [2.45, 2.75) is 36.3 Å². The third kappa shape index (κ3) is 4.14. The van der Waals surface area contributed by atoms with Gasteiger partial charge in [-0.25, -0.2) is 13.1 Å². The van der Waals surface area contributed by atoms with E-state index < -0.39 is 10.0 Å². The summed E-state index contributed by atoms with van der Waals surface area (Å²) in [5.41, 5.74) is 0.681. The first-order valence-corrected chi connectivity index (χ1v) is 9.61. The van der Waals surface area contributed by atoms with Gasteiger partial charge in [0.1, 0.15) is 4.90 Å². The fourth-order valence-corrected chi connectivity index (χ4v) is 4.76. The summed E-state index contributed by atoms with van der Waals surface area (Å²) in [6, 6.07) is 7.08. The normalized spacial score (nSPS) is 19.1. The second-order valence-corrected chi connectivity index (χ2v) is 8.05. The number of para-hydroxylation sites is 1. The van der Waals surface area contributed by atoms with Crippen LogP contribution in [0.5, 0.6) is 0 Å². The average Bonchev–Trinajstić information content (AvgIpc) is 2.97. The van der Waals surface area contributed by atoms with Crippen LogP contribution in [0.25, 0.3) is 0 Å². The van der Waals surface area contributed by atoms with Crippen LogP contribution in [0, 0.1) is 0 Å². The highest BCUT2D eigenvalue weighted by Crippen LogP contribution is 2.26. The Morgan fingerprint density at radius 2 is 2.15 bits per heavy atom. The first kappa shape index (κ1) is 15.7. The molecule has 0 radical (unpaired) electrons. The molecule has 1 aliphatic heterocycles. The summed E-state index contributed by atoms with van der Waals surface area (Å²) in [4.78, 5) is 0.344. The van der Waals surface area contributed by atoms with Crippen LogP contribution in [0.4, 0.5) is 5.69 Å². The van der Waals surface area contributed by atoms with E-state index in [9.17, 15) is 8.42 Å². The van der Waals surface area contributed by atoms with Gasteiger partial charge in [-0.15, -0.1) is 0 Å². The molecular formula is C14H22N2O2S2. The van der Waals surface area contributed by atoms with Crippen LogP contribution in [0.3, 0.4) is 0 Å². The second-order valence-electron chi connectivity index (χ2n) is 4.91. The third-order valence-corrected chi connectivity index (χ3v) is 6.15. The quantitative estimate of drug-likeness (QED) is 0.812. The maximum absolute atomic E-state index is 12.4. The van der Waals surface area contributed by atoms with Crippen molar-refractivity contribution in [3.05, 3.63) is 24.3 Å². The molecule has 2 rings (SSSR count). The van der Waals surface area contributed by atoms with Gasteiger partial charge in [-0.3, -0.25) is 0 Å². The van der Waals surface area contributed by atoms with Gasteiger partial charge in [0, 0.05) is 18.3 Å². The third-order valence-electron chi connectivity index (χ3n) is 3.27. The highest BCUT2D eigenvalue weighted by molar-refractivity contribution is 8.00. The summed E-state index contributed by atoms with van der Waals surface area (Å²) in [5, 5.41) is 3.59. The minimum absolute atomic E-state index is 0.344. The van der Waals surface area contributed by atoms with Gasteiger partial charge in [0.15, 0.2) is 0 Å².